The molecule has 1 atom stereocenters. The first-order valence-electron chi connectivity index (χ1n) is 7.26. The molecule has 0 bridgehead atoms. The molecule has 0 saturated carbocycles. The second-order valence-corrected chi connectivity index (χ2v) is 6.80. The zero-order chi connectivity index (χ0) is 14.8. The lowest BCUT2D eigenvalue weighted by Gasteiger charge is -2.32. The topological polar surface area (TPSA) is 30.3 Å². The van der Waals surface area contributed by atoms with Gasteiger partial charge >= 0.3 is 0 Å². The van der Waals surface area contributed by atoms with Crippen LogP contribution in [0.5, 0.6) is 0 Å². The van der Waals surface area contributed by atoms with E-state index in [0.717, 1.165) is 49.6 Å². The number of aromatic nitrogens is 2. The summed E-state index contributed by atoms with van der Waals surface area (Å²) in [7, 11) is 0. The minimum Gasteiger partial charge on any atom is -0.374 e. The fraction of sp³-hybridized carbons (Fsp3) is 0.533. The monoisotopic (exact) mass is 419 g/mol. The van der Waals surface area contributed by atoms with Gasteiger partial charge in [-0.05, 0) is 47.3 Å². The number of ether oxygens (including phenoxy) is 1. The van der Waals surface area contributed by atoms with Crippen molar-refractivity contribution in [3.63, 3.8) is 0 Å². The lowest BCUT2D eigenvalue weighted by molar-refractivity contribution is -0.0340. The highest BCUT2D eigenvalue weighted by Gasteiger charge is 2.21. The van der Waals surface area contributed by atoms with Gasteiger partial charge in [-0.2, -0.15) is 0 Å². The lowest BCUT2D eigenvalue weighted by Crippen LogP contribution is -2.44. The summed E-state index contributed by atoms with van der Waals surface area (Å²) in [6.07, 6.45) is 0.206. The fourth-order valence-corrected chi connectivity index (χ4v) is 3.52. The normalized spacial score (nSPS) is 20.2. The molecule has 1 unspecified atom stereocenters. The van der Waals surface area contributed by atoms with E-state index in [2.05, 4.69) is 62.2 Å². The molecule has 2 aromatic rings. The largest absolute Gasteiger partial charge is 0.374 e. The predicted octanol–water partition coefficient (Wildman–Crippen LogP) is 3.10. The van der Waals surface area contributed by atoms with E-state index < -0.39 is 0 Å². The van der Waals surface area contributed by atoms with Crippen molar-refractivity contribution >= 4 is 45.2 Å². The summed E-state index contributed by atoms with van der Waals surface area (Å²) in [4.78, 5) is 7.08. The highest BCUT2D eigenvalue weighted by Crippen LogP contribution is 2.21. The summed E-state index contributed by atoms with van der Waals surface area (Å²) in [6, 6.07) is 6.34. The standard InChI is InChI=1S/C15H19ClIN3O/c1-2-19-5-6-21-12(9-19)10-20-14-4-3-11(17)7-13(14)18-15(20)8-16/h3-4,7,12H,2,5-6,8-10H2,1H3. The number of likely N-dealkylation sites (N-methyl/N-ethyl adjacent to an activating group) is 1. The summed E-state index contributed by atoms with van der Waals surface area (Å²) < 4.78 is 9.32. The molecule has 1 aliphatic rings. The van der Waals surface area contributed by atoms with Crippen molar-refractivity contribution in [2.24, 2.45) is 0 Å². The molecule has 3 rings (SSSR count). The Morgan fingerprint density at radius 3 is 3.10 bits per heavy atom. The maximum absolute atomic E-state index is 6.08. The highest BCUT2D eigenvalue weighted by atomic mass is 127. The first kappa shape index (κ1) is 15.5. The van der Waals surface area contributed by atoms with Crippen LogP contribution in [-0.2, 0) is 17.2 Å². The van der Waals surface area contributed by atoms with E-state index in [4.69, 9.17) is 16.3 Å². The Labute approximate surface area is 143 Å². The summed E-state index contributed by atoms with van der Waals surface area (Å²) in [5.74, 6) is 1.35. The molecule has 1 aromatic heterocycles. The molecule has 1 fully saturated rings. The van der Waals surface area contributed by atoms with Crippen molar-refractivity contribution in [1.82, 2.24) is 14.5 Å². The molecule has 1 aliphatic heterocycles. The lowest BCUT2D eigenvalue weighted by atomic mass is 10.2. The molecule has 1 aromatic carbocycles. The maximum atomic E-state index is 6.08. The summed E-state index contributed by atoms with van der Waals surface area (Å²) in [5, 5.41) is 0. The average molecular weight is 420 g/mol. The van der Waals surface area contributed by atoms with Crippen molar-refractivity contribution in [2.45, 2.75) is 25.5 Å². The molecule has 0 spiro atoms. The van der Waals surface area contributed by atoms with Crippen LogP contribution in [0.4, 0.5) is 0 Å². The van der Waals surface area contributed by atoms with Gasteiger partial charge in [-0.15, -0.1) is 11.6 Å². The fourth-order valence-electron chi connectivity index (χ4n) is 2.84. The molecule has 21 heavy (non-hydrogen) atoms. The first-order valence-corrected chi connectivity index (χ1v) is 8.87. The van der Waals surface area contributed by atoms with Crippen LogP contribution >= 0.6 is 34.2 Å². The van der Waals surface area contributed by atoms with Gasteiger partial charge in [0.15, 0.2) is 0 Å². The van der Waals surface area contributed by atoms with Crippen molar-refractivity contribution in [3.8, 4) is 0 Å². The SMILES string of the molecule is CCN1CCOC(Cn2c(CCl)nc3cc(I)ccc32)C1. The molecule has 4 nitrogen and oxygen atoms in total. The summed E-state index contributed by atoms with van der Waals surface area (Å²) in [5.41, 5.74) is 2.16. The van der Waals surface area contributed by atoms with E-state index >= 15 is 0 Å². The number of benzene rings is 1. The Morgan fingerprint density at radius 1 is 1.48 bits per heavy atom. The number of imidazole rings is 1. The van der Waals surface area contributed by atoms with Crippen LogP contribution in [0.25, 0.3) is 11.0 Å². The number of halogens is 2. The molecule has 0 aliphatic carbocycles. The van der Waals surface area contributed by atoms with E-state index in [0.29, 0.717) is 5.88 Å². The Morgan fingerprint density at radius 2 is 2.33 bits per heavy atom. The van der Waals surface area contributed by atoms with Crippen LogP contribution in [0.1, 0.15) is 12.7 Å². The van der Waals surface area contributed by atoms with Gasteiger partial charge in [-0.1, -0.05) is 6.92 Å². The second-order valence-electron chi connectivity index (χ2n) is 5.29. The molecular weight excluding hydrogens is 401 g/mol. The van der Waals surface area contributed by atoms with E-state index in [1.165, 1.54) is 3.57 Å². The van der Waals surface area contributed by atoms with E-state index in [9.17, 15) is 0 Å². The van der Waals surface area contributed by atoms with E-state index in [1.54, 1.807) is 0 Å². The third kappa shape index (κ3) is 3.36. The summed E-state index contributed by atoms with van der Waals surface area (Å²) in [6.45, 7) is 6.89. The minimum absolute atomic E-state index is 0.206. The van der Waals surface area contributed by atoms with Gasteiger partial charge in [-0.3, -0.25) is 4.90 Å². The number of rotatable bonds is 4. The smallest absolute Gasteiger partial charge is 0.124 e. The predicted molar refractivity (Wildman–Crippen MR) is 93.9 cm³/mol. The van der Waals surface area contributed by atoms with Crippen LogP contribution in [0.2, 0.25) is 0 Å². The molecule has 0 N–H and O–H groups in total. The van der Waals surface area contributed by atoms with Crippen molar-refractivity contribution < 1.29 is 4.74 Å². The number of fused-ring (bicyclic) bond motifs is 1. The van der Waals surface area contributed by atoms with Crippen LogP contribution in [0, 0.1) is 3.57 Å². The Bertz CT molecular complexity index is 631. The number of nitrogens with zero attached hydrogens (tertiary/aromatic N) is 3. The Balaban J connectivity index is 1.88. The van der Waals surface area contributed by atoms with Gasteiger partial charge in [-0.25, -0.2) is 4.98 Å². The molecule has 1 saturated heterocycles. The van der Waals surface area contributed by atoms with Gasteiger partial charge in [0.1, 0.15) is 5.82 Å². The van der Waals surface area contributed by atoms with Crippen LogP contribution < -0.4 is 0 Å². The van der Waals surface area contributed by atoms with Crippen LogP contribution in [-0.4, -0.2) is 46.8 Å². The number of hydrogen-bond donors (Lipinski definition) is 0. The van der Waals surface area contributed by atoms with Gasteiger partial charge in [0.25, 0.3) is 0 Å². The average Bonchev–Trinajstić information content (AvgIpc) is 2.84. The molecule has 0 amide bonds. The van der Waals surface area contributed by atoms with E-state index in [1.807, 2.05) is 0 Å². The maximum Gasteiger partial charge on any atom is 0.124 e. The van der Waals surface area contributed by atoms with Gasteiger partial charge in [0.2, 0.25) is 0 Å². The molecule has 114 valence electrons. The van der Waals surface area contributed by atoms with E-state index in [-0.39, 0.29) is 6.10 Å². The van der Waals surface area contributed by atoms with Crippen molar-refractivity contribution in [2.75, 3.05) is 26.2 Å². The quantitative estimate of drug-likeness (QED) is 0.563. The number of morpholine rings is 1. The molecule has 0 radical (unpaired) electrons. The zero-order valence-corrected chi connectivity index (χ0v) is 15.0. The van der Waals surface area contributed by atoms with Crippen molar-refractivity contribution in [1.29, 1.82) is 0 Å². The number of alkyl halides is 1. The van der Waals surface area contributed by atoms with Crippen LogP contribution in [0.15, 0.2) is 18.2 Å². The summed E-state index contributed by atoms with van der Waals surface area (Å²) >= 11 is 8.39. The number of hydrogen-bond acceptors (Lipinski definition) is 3. The third-order valence-electron chi connectivity index (χ3n) is 3.97. The van der Waals surface area contributed by atoms with Crippen LogP contribution in [0.3, 0.4) is 0 Å². The molecular formula is C15H19ClIN3O. The van der Waals surface area contributed by atoms with Gasteiger partial charge in [0.05, 0.1) is 36.2 Å². The highest BCUT2D eigenvalue weighted by molar-refractivity contribution is 14.1. The zero-order valence-electron chi connectivity index (χ0n) is 12.1. The minimum atomic E-state index is 0.206. The first-order chi connectivity index (χ1) is 10.2. The Kier molecular flexibility index (Phi) is 5.03. The van der Waals surface area contributed by atoms with Gasteiger partial charge in [0, 0.05) is 16.7 Å². The van der Waals surface area contributed by atoms with Crippen molar-refractivity contribution in [3.05, 3.63) is 27.6 Å². The second kappa shape index (κ2) is 6.81. The Hall–Kier alpha value is -0.370. The third-order valence-corrected chi connectivity index (χ3v) is 4.88. The molecule has 6 heteroatoms. The molecule has 2 heterocycles. The van der Waals surface area contributed by atoms with Gasteiger partial charge < -0.3 is 9.30 Å².